The van der Waals surface area contributed by atoms with Crippen LogP contribution in [0.3, 0.4) is 0 Å². The van der Waals surface area contributed by atoms with Gasteiger partial charge >= 0.3 is 0 Å². The third-order valence-electron chi connectivity index (χ3n) is 8.79. The van der Waals surface area contributed by atoms with Crippen molar-refractivity contribution in [2.75, 3.05) is 32.8 Å². The number of phenols is 2. The second-order valence-electron chi connectivity index (χ2n) is 11.6. The molecule has 0 unspecified atom stereocenters. The van der Waals surface area contributed by atoms with E-state index < -0.39 is 42.7 Å². The Hall–Kier alpha value is -3.23. The maximum absolute atomic E-state index is 13.9. The Morgan fingerprint density at radius 2 is 1.42 bits per heavy atom. The molecule has 3 aromatic rings. The van der Waals surface area contributed by atoms with Gasteiger partial charge in [0.2, 0.25) is 11.7 Å². The third-order valence-corrected chi connectivity index (χ3v) is 8.79. The van der Waals surface area contributed by atoms with Gasteiger partial charge in [-0.15, -0.1) is 0 Å². The van der Waals surface area contributed by atoms with Crippen LogP contribution < -0.4 is 10.2 Å². The number of benzene rings is 2. The lowest BCUT2D eigenvalue weighted by molar-refractivity contribution is -0.277. The highest BCUT2D eigenvalue weighted by Gasteiger charge is 2.44. The van der Waals surface area contributed by atoms with E-state index in [0.29, 0.717) is 29.8 Å². The molecule has 0 bridgehead atoms. The van der Waals surface area contributed by atoms with Crippen LogP contribution in [0.25, 0.3) is 22.1 Å². The number of rotatable bonds is 8. The highest BCUT2D eigenvalue weighted by Crippen LogP contribution is 2.41. The number of hydrogen-bond acceptors (Lipinski definition) is 12. The lowest BCUT2D eigenvalue weighted by Gasteiger charge is -2.39. The van der Waals surface area contributed by atoms with Crippen molar-refractivity contribution < 1.29 is 44.5 Å². The van der Waals surface area contributed by atoms with Gasteiger partial charge in [0.05, 0.1) is 23.3 Å². The molecule has 4 heterocycles. The first kappa shape index (κ1) is 29.8. The molecule has 6 N–H and O–H groups in total. The Labute approximate surface area is 247 Å². The van der Waals surface area contributed by atoms with Crippen LogP contribution >= 0.6 is 0 Å². The van der Waals surface area contributed by atoms with Crippen LogP contribution in [0, 0.1) is 0 Å². The number of phenolic OH excluding ortho intramolecular Hbond substituents is 2. The van der Waals surface area contributed by atoms with Gasteiger partial charge in [-0.05, 0) is 69.6 Å². The monoisotopic (exact) mass is 598 g/mol. The van der Waals surface area contributed by atoms with E-state index in [1.54, 1.807) is 12.1 Å². The van der Waals surface area contributed by atoms with Crippen LogP contribution in [-0.4, -0.2) is 104 Å². The molecular formula is C31H38N2O10. The molecule has 0 amide bonds. The number of aliphatic hydroxyl groups excluding tert-OH is 4. The van der Waals surface area contributed by atoms with Gasteiger partial charge in [-0.2, -0.15) is 0 Å². The lowest BCUT2D eigenvalue weighted by Crippen LogP contribution is -2.60. The molecule has 43 heavy (non-hydrogen) atoms. The molecule has 3 saturated heterocycles. The minimum atomic E-state index is -1.57. The van der Waals surface area contributed by atoms with Gasteiger partial charge in [0, 0.05) is 13.1 Å². The van der Waals surface area contributed by atoms with Crippen LogP contribution in [0.15, 0.2) is 39.7 Å². The van der Waals surface area contributed by atoms with Crippen molar-refractivity contribution >= 4 is 11.0 Å². The van der Waals surface area contributed by atoms with E-state index in [1.165, 1.54) is 18.4 Å². The van der Waals surface area contributed by atoms with Gasteiger partial charge in [-0.3, -0.25) is 14.6 Å². The fraction of sp³-hybridized carbons (Fsp3) is 0.516. The minimum Gasteiger partial charge on any atom is -0.507 e. The van der Waals surface area contributed by atoms with Crippen molar-refractivity contribution in [3.8, 4) is 28.4 Å². The Balaban J connectivity index is 1.33. The average Bonchev–Trinajstić information content (AvgIpc) is 3.73. The number of fused-ring (bicyclic) bond motifs is 1. The summed E-state index contributed by atoms with van der Waals surface area (Å²) < 4.78 is 17.1. The molecule has 3 aliphatic heterocycles. The zero-order valence-electron chi connectivity index (χ0n) is 23.8. The van der Waals surface area contributed by atoms with Crippen molar-refractivity contribution in [2.24, 2.45) is 0 Å². The van der Waals surface area contributed by atoms with Gasteiger partial charge < -0.3 is 44.5 Å². The summed E-state index contributed by atoms with van der Waals surface area (Å²) in [5.74, 6) is -0.0658. The van der Waals surface area contributed by atoms with Crippen molar-refractivity contribution in [3.05, 3.63) is 51.9 Å². The van der Waals surface area contributed by atoms with Crippen LogP contribution in [-0.2, 0) is 17.8 Å². The van der Waals surface area contributed by atoms with Crippen molar-refractivity contribution in [3.63, 3.8) is 0 Å². The molecule has 0 spiro atoms. The summed E-state index contributed by atoms with van der Waals surface area (Å²) in [6, 6.07) is 6.28. The minimum absolute atomic E-state index is 0.0281. The SMILES string of the molecule is O=c1c(-c2ccc(O[C@@H]3O[C@@H](CO)[C@H](O)[C@@H](O)[C@@H]3O)cc2)coc2c(CN3CCCC3)c(O)c(CN3CCCC3)c(O)c12. The summed E-state index contributed by atoms with van der Waals surface area (Å²) in [6.07, 6.45) is -1.57. The standard InChI is InChI=1S/C31H38N2O10/c34-15-22-27(38)28(39)29(40)31(43-22)42-18-7-5-17(6-8-18)21-16-41-30-20(14-33-11-3-4-12-33)24(35)19(13-32-9-1-2-10-32)25(36)23(30)26(21)37/h5-8,16,22,27-29,31,34-36,38-40H,1-4,9-15H2/t22-,27-,28+,29-,31+/m0/s1. The van der Waals surface area contributed by atoms with Gasteiger partial charge in [0.25, 0.3) is 0 Å². The predicted molar refractivity (Wildman–Crippen MR) is 155 cm³/mol. The van der Waals surface area contributed by atoms with E-state index in [2.05, 4.69) is 9.80 Å². The molecule has 3 fully saturated rings. The number of aliphatic hydroxyl groups is 4. The van der Waals surface area contributed by atoms with Gasteiger partial charge in [-0.1, -0.05) is 12.1 Å². The topological polar surface area (TPSA) is 177 Å². The molecule has 0 aliphatic carbocycles. The fourth-order valence-corrected chi connectivity index (χ4v) is 6.29. The second-order valence-corrected chi connectivity index (χ2v) is 11.6. The van der Waals surface area contributed by atoms with Crippen molar-refractivity contribution in [1.29, 1.82) is 0 Å². The van der Waals surface area contributed by atoms with E-state index in [0.717, 1.165) is 51.9 Å². The zero-order valence-corrected chi connectivity index (χ0v) is 23.8. The molecule has 0 radical (unpaired) electrons. The molecule has 1 aromatic heterocycles. The third kappa shape index (κ3) is 5.72. The molecule has 6 rings (SSSR count). The molecule has 5 atom stereocenters. The highest BCUT2D eigenvalue weighted by molar-refractivity contribution is 5.92. The quantitative estimate of drug-likeness (QED) is 0.219. The van der Waals surface area contributed by atoms with Gasteiger partial charge in [0.1, 0.15) is 58.9 Å². The van der Waals surface area contributed by atoms with E-state index in [1.807, 2.05) is 0 Å². The van der Waals surface area contributed by atoms with E-state index in [4.69, 9.17) is 13.9 Å². The van der Waals surface area contributed by atoms with Crippen LogP contribution in [0.2, 0.25) is 0 Å². The normalized spacial score (nSPS) is 26.8. The molecule has 3 aliphatic rings. The molecule has 12 heteroatoms. The molecule has 2 aromatic carbocycles. The van der Waals surface area contributed by atoms with E-state index in [9.17, 15) is 35.4 Å². The number of ether oxygens (including phenoxy) is 2. The Bertz CT molecular complexity index is 1500. The number of hydrogen-bond donors (Lipinski definition) is 6. The van der Waals surface area contributed by atoms with Gasteiger partial charge in [-0.25, -0.2) is 0 Å². The van der Waals surface area contributed by atoms with Crippen LogP contribution in [0.1, 0.15) is 36.8 Å². The summed E-state index contributed by atoms with van der Waals surface area (Å²) in [5.41, 5.74) is 1.24. The summed E-state index contributed by atoms with van der Waals surface area (Å²) >= 11 is 0. The zero-order chi connectivity index (χ0) is 30.2. The molecule has 232 valence electrons. The molecule has 12 nitrogen and oxygen atoms in total. The Morgan fingerprint density at radius 3 is 2.02 bits per heavy atom. The summed E-state index contributed by atoms with van der Waals surface area (Å²) in [4.78, 5) is 18.3. The van der Waals surface area contributed by atoms with Crippen LogP contribution in [0.4, 0.5) is 0 Å². The van der Waals surface area contributed by atoms with E-state index in [-0.39, 0.29) is 33.8 Å². The molecular weight excluding hydrogens is 560 g/mol. The lowest BCUT2D eigenvalue weighted by atomic mass is 9.98. The number of nitrogens with zero attached hydrogens (tertiary/aromatic N) is 2. The average molecular weight is 599 g/mol. The summed E-state index contributed by atoms with van der Waals surface area (Å²) in [6.45, 7) is 3.61. The Morgan fingerprint density at radius 1 is 0.814 bits per heavy atom. The first-order valence-electron chi connectivity index (χ1n) is 14.8. The number of aromatic hydroxyl groups is 2. The van der Waals surface area contributed by atoms with Crippen molar-refractivity contribution in [1.82, 2.24) is 9.80 Å². The summed E-state index contributed by atoms with van der Waals surface area (Å²) in [5, 5.41) is 62.5. The summed E-state index contributed by atoms with van der Waals surface area (Å²) in [7, 11) is 0. The second kappa shape index (κ2) is 12.4. The first-order valence-corrected chi connectivity index (χ1v) is 14.8. The van der Waals surface area contributed by atoms with Crippen molar-refractivity contribution in [2.45, 2.75) is 69.5 Å². The fourth-order valence-electron chi connectivity index (χ4n) is 6.29. The smallest absolute Gasteiger partial charge is 0.229 e. The largest absolute Gasteiger partial charge is 0.507 e. The Kier molecular flexibility index (Phi) is 8.60. The predicted octanol–water partition coefficient (Wildman–Crippen LogP) is 1.24. The maximum atomic E-state index is 13.9. The molecule has 0 saturated carbocycles. The van der Waals surface area contributed by atoms with E-state index >= 15 is 0 Å². The maximum Gasteiger partial charge on any atom is 0.229 e. The van der Waals surface area contributed by atoms with Crippen LogP contribution in [0.5, 0.6) is 17.2 Å². The highest BCUT2D eigenvalue weighted by atomic mass is 16.7. The first-order chi connectivity index (χ1) is 20.8. The number of likely N-dealkylation sites (tertiary alicyclic amines) is 2. The van der Waals surface area contributed by atoms with Gasteiger partial charge in [0.15, 0.2) is 0 Å².